The molecule has 0 radical (unpaired) electrons. The predicted octanol–water partition coefficient (Wildman–Crippen LogP) is 4.10. The van der Waals surface area contributed by atoms with Gasteiger partial charge in [0.2, 0.25) is 9.84 Å². The summed E-state index contributed by atoms with van der Waals surface area (Å²) in [5.41, 5.74) is 1.79. The van der Waals surface area contributed by atoms with E-state index >= 15 is 0 Å². The number of benzene rings is 1. The molecule has 0 aliphatic rings. The smallest absolute Gasteiger partial charge is 0.208 e. The lowest BCUT2D eigenvalue weighted by Gasteiger charge is -2.08. The monoisotopic (exact) mass is 411 g/mol. The lowest BCUT2D eigenvalue weighted by Crippen LogP contribution is -2.04. The number of hydrogen-bond donors (Lipinski definition) is 2. The van der Waals surface area contributed by atoms with Crippen LogP contribution in [0.25, 0.3) is 11.3 Å². The number of aromatic nitrogens is 4. The minimum Gasteiger partial charge on any atom is -0.323 e. The van der Waals surface area contributed by atoms with E-state index in [9.17, 15) is 8.42 Å². The molecule has 9 heteroatoms. The quantitative estimate of drug-likeness (QED) is 0.479. The fraction of sp³-hybridized carbons (Fsp3) is 0. The third-order valence-corrected chi connectivity index (χ3v) is 5.85. The van der Waals surface area contributed by atoms with Gasteiger partial charge in [-0.1, -0.05) is 41.9 Å². The largest absolute Gasteiger partial charge is 0.323 e. The van der Waals surface area contributed by atoms with Gasteiger partial charge in [0, 0.05) is 18.5 Å². The van der Waals surface area contributed by atoms with Gasteiger partial charge in [-0.25, -0.2) is 13.4 Å². The SMILES string of the molecule is O=S(=O)(c1cccnc1)c1cc(Cl)nc(Nc2cc(-c3ccccc3)[nH]n2)c1. The summed E-state index contributed by atoms with van der Waals surface area (Å²) in [6.45, 7) is 0. The van der Waals surface area contributed by atoms with Crippen LogP contribution in [0, 0.1) is 0 Å². The molecular weight excluding hydrogens is 398 g/mol. The van der Waals surface area contributed by atoms with Crippen molar-refractivity contribution in [3.63, 3.8) is 0 Å². The lowest BCUT2D eigenvalue weighted by atomic mass is 10.2. The number of hydrogen-bond acceptors (Lipinski definition) is 6. The fourth-order valence-electron chi connectivity index (χ4n) is 2.62. The molecule has 2 N–H and O–H groups in total. The van der Waals surface area contributed by atoms with Crippen LogP contribution in [0.2, 0.25) is 5.15 Å². The van der Waals surface area contributed by atoms with E-state index in [2.05, 4.69) is 25.5 Å². The van der Waals surface area contributed by atoms with E-state index in [1.165, 1.54) is 30.6 Å². The number of rotatable bonds is 5. The molecule has 3 heterocycles. The third-order valence-electron chi connectivity index (χ3n) is 3.94. The second kappa shape index (κ2) is 7.41. The van der Waals surface area contributed by atoms with Crippen molar-refractivity contribution in [1.82, 2.24) is 20.2 Å². The van der Waals surface area contributed by atoms with Crippen LogP contribution < -0.4 is 5.32 Å². The molecule has 0 unspecified atom stereocenters. The van der Waals surface area contributed by atoms with Gasteiger partial charge in [0.25, 0.3) is 0 Å². The molecule has 0 bridgehead atoms. The van der Waals surface area contributed by atoms with E-state index in [1.807, 2.05) is 30.3 Å². The predicted molar refractivity (Wildman–Crippen MR) is 106 cm³/mol. The molecule has 140 valence electrons. The Hall–Kier alpha value is -3.23. The van der Waals surface area contributed by atoms with Crippen molar-refractivity contribution in [2.75, 3.05) is 5.32 Å². The number of H-pyrrole nitrogens is 1. The Bertz CT molecular complexity index is 1210. The van der Waals surface area contributed by atoms with Crippen LogP contribution in [0.5, 0.6) is 0 Å². The van der Waals surface area contributed by atoms with Gasteiger partial charge >= 0.3 is 0 Å². The number of halogens is 1. The number of aromatic amines is 1. The molecule has 0 aliphatic carbocycles. The molecule has 7 nitrogen and oxygen atoms in total. The van der Waals surface area contributed by atoms with Crippen molar-refractivity contribution < 1.29 is 8.42 Å². The summed E-state index contributed by atoms with van der Waals surface area (Å²) in [7, 11) is -3.77. The van der Waals surface area contributed by atoms with E-state index in [0.29, 0.717) is 5.82 Å². The summed E-state index contributed by atoms with van der Waals surface area (Å²) in [4.78, 5) is 8.10. The maximum Gasteiger partial charge on any atom is 0.208 e. The van der Waals surface area contributed by atoms with Crippen molar-refractivity contribution in [3.8, 4) is 11.3 Å². The van der Waals surface area contributed by atoms with E-state index in [0.717, 1.165) is 11.3 Å². The highest BCUT2D eigenvalue weighted by Gasteiger charge is 2.20. The highest BCUT2D eigenvalue weighted by Crippen LogP contribution is 2.27. The number of pyridine rings is 2. The van der Waals surface area contributed by atoms with Crippen molar-refractivity contribution >= 4 is 33.1 Å². The molecule has 4 rings (SSSR count). The van der Waals surface area contributed by atoms with Crippen LogP contribution in [0.4, 0.5) is 11.6 Å². The minimum atomic E-state index is -3.77. The van der Waals surface area contributed by atoms with Crippen molar-refractivity contribution in [2.24, 2.45) is 0 Å². The molecule has 0 fully saturated rings. The zero-order valence-corrected chi connectivity index (χ0v) is 15.9. The van der Waals surface area contributed by atoms with Gasteiger partial charge in [0.15, 0.2) is 5.82 Å². The van der Waals surface area contributed by atoms with Gasteiger partial charge < -0.3 is 5.32 Å². The molecule has 0 saturated heterocycles. The molecule has 28 heavy (non-hydrogen) atoms. The Morgan fingerprint density at radius 3 is 2.50 bits per heavy atom. The highest BCUT2D eigenvalue weighted by atomic mass is 35.5. The number of anilines is 2. The summed E-state index contributed by atoms with van der Waals surface area (Å²) in [6.07, 6.45) is 2.80. The topological polar surface area (TPSA) is 101 Å². The number of sulfone groups is 1. The lowest BCUT2D eigenvalue weighted by molar-refractivity contribution is 0.595. The Morgan fingerprint density at radius 1 is 0.929 bits per heavy atom. The van der Waals surface area contributed by atoms with Crippen LogP contribution in [0.1, 0.15) is 0 Å². The van der Waals surface area contributed by atoms with E-state index in [1.54, 1.807) is 12.1 Å². The standard InChI is InChI=1S/C19H14ClN5O2S/c20-17-9-15(28(26,27)14-7-4-8-21-12-14)10-18(22-17)23-19-11-16(24-25-19)13-5-2-1-3-6-13/h1-12H,(H2,22,23,24,25). The molecule has 4 aromatic rings. The zero-order valence-electron chi connectivity index (χ0n) is 14.4. The summed E-state index contributed by atoms with van der Waals surface area (Å²) in [6, 6.07) is 17.2. The Morgan fingerprint density at radius 2 is 1.75 bits per heavy atom. The van der Waals surface area contributed by atoms with Crippen LogP contribution in [0.3, 0.4) is 0 Å². The highest BCUT2D eigenvalue weighted by molar-refractivity contribution is 7.91. The van der Waals surface area contributed by atoms with E-state index in [-0.39, 0.29) is 20.8 Å². The van der Waals surface area contributed by atoms with E-state index < -0.39 is 9.84 Å². The van der Waals surface area contributed by atoms with Crippen LogP contribution >= 0.6 is 11.6 Å². The zero-order chi connectivity index (χ0) is 19.6. The molecule has 0 saturated carbocycles. The normalized spacial score (nSPS) is 11.3. The molecule has 0 atom stereocenters. The van der Waals surface area contributed by atoms with Gasteiger partial charge in [0.1, 0.15) is 11.0 Å². The van der Waals surface area contributed by atoms with Crippen LogP contribution in [-0.4, -0.2) is 28.6 Å². The average molecular weight is 412 g/mol. The van der Waals surface area contributed by atoms with Crippen LogP contribution in [0.15, 0.2) is 82.8 Å². The minimum absolute atomic E-state index is 0.0156. The summed E-state index contributed by atoms with van der Waals surface area (Å²) < 4.78 is 25.6. The first-order chi connectivity index (χ1) is 13.5. The molecular formula is C19H14ClN5O2S. The van der Waals surface area contributed by atoms with Gasteiger partial charge in [0.05, 0.1) is 15.5 Å². The second-order valence-corrected chi connectivity index (χ2v) is 8.20. The number of nitrogens with zero attached hydrogens (tertiary/aromatic N) is 3. The molecule has 0 aliphatic heterocycles. The Kier molecular flexibility index (Phi) is 4.81. The molecule has 3 aromatic heterocycles. The van der Waals surface area contributed by atoms with Gasteiger partial charge in [-0.2, -0.15) is 5.10 Å². The second-order valence-electron chi connectivity index (χ2n) is 5.86. The Balaban J connectivity index is 1.65. The number of nitrogens with one attached hydrogen (secondary N) is 2. The molecule has 1 aromatic carbocycles. The first-order valence-corrected chi connectivity index (χ1v) is 10.1. The van der Waals surface area contributed by atoms with E-state index in [4.69, 9.17) is 11.6 Å². The van der Waals surface area contributed by atoms with Gasteiger partial charge in [-0.3, -0.25) is 10.1 Å². The van der Waals surface area contributed by atoms with Crippen molar-refractivity contribution in [3.05, 3.63) is 78.2 Å². The molecule has 0 spiro atoms. The third kappa shape index (κ3) is 3.73. The fourth-order valence-corrected chi connectivity index (χ4v) is 4.15. The maximum absolute atomic E-state index is 12.8. The van der Waals surface area contributed by atoms with Crippen molar-refractivity contribution in [2.45, 2.75) is 9.79 Å². The van der Waals surface area contributed by atoms with Crippen LogP contribution in [-0.2, 0) is 9.84 Å². The summed E-state index contributed by atoms with van der Waals surface area (Å²) in [5.74, 6) is 0.749. The average Bonchev–Trinajstić information content (AvgIpc) is 3.17. The van der Waals surface area contributed by atoms with Crippen molar-refractivity contribution in [1.29, 1.82) is 0 Å². The van der Waals surface area contributed by atoms with Gasteiger partial charge in [-0.05, 0) is 29.8 Å². The summed E-state index contributed by atoms with van der Waals surface area (Å²) >= 11 is 6.05. The molecule has 0 amide bonds. The first-order valence-electron chi connectivity index (χ1n) is 8.23. The summed E-state index contributed by atoms with van der Waals surface area (Å²) in [5, 5.41) is 10.1. The van der Waals surface area contributed by atoms with Gasteiger partial charge in [-0.15, -0.1) is 0 Å². The maximum atomic E-state index is 12.8. The first kappa shape index (κ1) is 18.1. The Labute approximate surface area is 166 Å².